The lowest BCUT2D eigenvalue weighted by Crippen LogP contribution is -2.51. The molecule has 20 heteroatoms. The summed E-state index contributed by atoms with van der Waals surface area (Å²) >= 11 is 4.55. The van der Waals surface area contributed by atoms with Gasteiger partial charge in [0, 0.05) is 25.3 Å². The molecular formula is C11H20N3O13P3S. The highest BCUT2D eigenvalue weighted by atomic mass is 32.5. The number of hydrogen-bond acceptors (Lipinski definition) is 11. The molecule has 178 valence electrons. The van der Waals surface area contributed by atoms with Crippen molar-refractivity contribution in [2.75, 3.05) is 13.7 Å². The van der Waals surface area contributed by atoms with Gasteiger partial charge in [0.15, 0.2) is 0 Å². The number of aromatic amines is 1. The predicted octanol–water partition coefficient (Wildman–Crippen LogP) is -1.17. The van der Waals surface area contributed by atoms with E-state index in [4.69, 9.17) is 29.5 Å². The van der Waals surface area contributed by atoms with Gasteiger partial charge in [-0.25, -0.2) is 18.2 Å². The summed E-state index contributed by atoms with van der Waals surface area (Å²) in [6.45, 7) is -3.83. The molecule has 1 saturated heterocycles. The normalized spacial score (nSPS) is 30.6. The zero-order valence-electron chi connectivity index (χ0n) is 15.8. The van der Waals surface area contributed by atoms with Gasteiger partial charge in [-0.05, 0) is 11.8 Å². The first-order chi connectivity index (χ1) is 14.0. The Morgan fingerprint density at radius 1 is 1.29 bits per heavy atom. The van der Waals surface area contributed by atoms with Crippen molar-refractivity contribution in [3.8, 4) is 0 Å². The fraction of sp³-hybridized carbons (Fsp3) is 0.636. The van der Waals surface area contributed by atoms with Crippen LogP contribution in [0.5, 0.6) is 0 Å². The van der Waals surface area contributed by atoms with E-state index in [1.165, 1.54) is 6.20 Å². The third-order valence-electron chi connectivity index (χ3n) is 4.16. The topological polar surface area (TPSA) is 242 Å². The fourth-order valence-electron chi connectivity index (χ4n) is 2.75. The van der Waals surface area contributed by atoms with Gasteiger partial charge in [0.25, 0.3) is 5.56 Å². The van der Waals surface area contributed by atoms with Crippen LogP contribution in [0.1, 0.15) is 13.2 Å². The molecule has 0 aromatic carbocycles. The molecule has 1 aromatic heterocycles. The molecular weight excluding hydrogens is 507 g/mol. The Labute approximate surface area is 179 Å². The van der Waals surface area contributed by atoms with Gasteiger partial charge in [-0.1, -0.05) is 6.92 Å². The van der Waals surface area contributed by atoms with Gasteiger partial charge in [0.2, 0.25) is 5.79 Å². The average molecular weight is 527 g/mol. The van der Waals surface area contributed by atoms with Crippen LogP contribution in [0.4, 0.5) is 0 Å². The molecule has 0 spiro atoms. The van der Waals surface area contributed by atoms with Crippen LogP contribution in [0, 0.1) is 5.92 Å². The minimum absolute atomic E-state index is 0.619. The Balaban J connectivity index is 2.21. The average Bonchev–Trinajstić information content (AvgIpc) is 2.82. The highest BCUT2D eigenvalue weighted by Gasteiger charge is 2.54. The quantitative estimate of drug-likeness (QED) is 0.207. The summed E-state index contributed by atoms with van der Waals surface area (Å²) in [7, 11) is -9.82. The first-order valence-electron chi connectivity index (χ1n) is 8.09. The number of aromatic nitrogens is 2. The van der Waals surface area contributed by atoms with Crippen LogP contribution in [0.15, 0.2) is 21.9 Å². The van der Waals surface area contributed by atoms with Gasteiger partial charge in [0.1, 0.15) is 12.8 Å². The number of methoxy groups -OCH3 is 1. The van der Waals surface area contributed by atoms with Crippen LogP contribution in [-0.4, -0.2) is 54.7 Å². The molecule has 0 radical (unpaired) electrons. The van der Waals surface area contributed by atoms with Gasteiger partial charge < -0.3 is 39.3 Å². The minimum atomic E-state index is -5.51. The van der Waals surface area contributed by atoms with Crippen LogP contribution in [0.25, 0.3) is 0 Å². The largest absolute Gasteiger partial charge is 0.488 e. The van der Waals surface area contributed by atoms with Gasteiger partial charge in [0.05, 0.1) is 6.04 Å². The van der Waals surface area contributed by atoms with E-state index in [1.54, 1.807) is 6.92 Å². The number of phosphoric acid groups is 2. The van der Waals surface area contributed by atoms with E-state index in [9.17, 15) is 28.5 Å². The lowest BCUT2D eigenvalue weighted by Gasteiger charge is -2.32. The van der Waals surface area contributed by atoms with Crippen LogP contribution < -0.4 is 17.0 Å². The molecule has 6 unspecified atom stereocenters. The lowest BCUT2D eigenvalue weighted by molar-refractivity contribution is -0.244. The number of nitrogens with zero attached hydrogens (tertiary/aromatic N) is 1. The minimum Gasteiger partial charge on any atom is -0.350 e. The Morgan fingerprint density at radius 3 is 2.42 bits per heavy atom. The smallest absolute Gasteiger partial charge is 0.350 e. The summed E-state index contributed by atoms with van der Waals surface area (Å²) in [6.07, 6.45) is 0.116. The third-order valence-corrected chi connectivity index (χ3v) is 8.86. The Hall–Kier alpha value is -0.610. The Morgan fingerprint density at radius 2 is 1.90 bits per heavy atom. The van der Waals surface area contributed by atoms with Crippen molar-refractivity contribution in [3.63, 3.8) is 0 Å². The van der Waals surface area contributed by atoms with E-state index < -0.39 is 64.2 Å². The van der Waals surface area contributed by atoms with Crippen LogP contribution in [0.3, 0.4) is 0 Å². The molecule has 0 saturated carbocycles. The van der Waals surface area contributed by atoms with Crippen molar-refractivity contribution in [2.24, 2.45) is 11.7 Å². The molecule has 0 bridgehead atoms. The second-order valence-electron chi connectivity index (χ2n) is 6.29. The summed E-state index contributed by atoms with van der Waals surface area (Å²) in [5.41, 5.74) is 4.69. The van der Waals surface area contributed by atoms with E-state index in [0.717, 1.165) is 17.7 Å². The molecule has 1 aliphatic rings. The summed E-state index contributed by atoms with van der Waals surface area (Å²) in [6, 6.07) is 0.0663. The van der Waals surface area contributed by atoms with E-state index in [2.05, 4.69) is 20.4 Å². The maximum absolute atomic E-state index is 12.1. The van der Waals surface area contributed by atoms with Crippen molar-refractivity contribution in [2.45, 2.75) is 25.0 Å². The van der Waals surface area contributed by atoms with Crippen molar-refractivity contribution < 1.29 is 51.3 Å². The van der Waals surface area contributed by atoms with Gasteiger partial charge in [-0.3, -0.25) is 14.3 Å². The third kappa shape index (κ3) is 6.69. The summed E-state index contributed by atoms with van der Waals surface area (Å²) < 4.78 is 47.0. The number of H-pyrrole nitrogens is 1. The molecule has 2 rings (SSSR count). The van der Waals surface area contributed by atoms with E-state index in [-0.39, 0.29) is 0 Å². The molecule has 0 aliphatic carbocycles. The molecule has 2 heterocycles. The summed E-state index contributed by atoms with van der Waals surface area (Å²) in [4.78, 5) is 61.9. The Bertz CT molecular complexity index is 1070. The maximum Gasteiger partial charge on any atom is 0.488 e. The van der Waals surface area contributed by atoms with E-state index >= 15 is 0 Å². The zero-order valence-corrected chi connectivity index (χ0v) is 19.3. The summed E-state index contributed by atoms with van der Waals surface area (Å²) in [5, 5.41) is 0. The number of rotatable bonds is 9. The standard InChI is InChI=1S/C11H20N3O13P3S/c1-6-8(12)11(23-2,25-9(6)14-4-3-7(15)13-10(14)16)5-24-30(22,31)27-29(20,21)26-28(17,18)19/h3-4,6,8-9H,5,12H2,1-2H3,(H,20,21)(H,22,31)(H,13,15,16)(H2,17,18,19). The van der Waals surface area contributed by atoms with Gasteiger partial charge >= 0.3 is 28.1 Å². The highest BCUT2D eigenvalue weighted by molar-refractivity contribution is 8.08. The maximum atomic E-state index is 12.1. The van der Waals surface area contributed by atoms with Crippen LogP contribution in [-0.2, 0) is 43.6 Å². The molecule has 0 amide bonds. The second-order valence-corrected chi connectivity index (χ2v) is 12.1. The van der Waals surface area contributed by atoms with Crippen molar-refractivity contribution in [3.05, 3.63) is 33.1 Å². The first-order valence-corrected chi connectivity index (χ1v) is 13.7. The summed E-state index contributed by atoms with van der Waals surface area (Å²) in [5.74, 6) is -2.47. The van der Waals surface area contributed by atoms with Crippen LogP contribution >= 0.6 is 22.4 Å². The monoisotopic (exact) mass is 527 g/mol. The van der Waals surface area contributed by atoms with Crippen molar-refractivity contribution in [1.82, 2.24) is 9.55 Å². The Kier molecular flexibility index (Phi) is 8.02. The predicted molar refractivity (Wildman–Crippen MR) is 105 cm³/mol. The SMILES string of the molecule is COC1(COP(O)(=S)OP(=O)(O)OP(=O)(O)O)OC(n2ccc(=O)[nH]c2=O)C(C)C1N. The molecule has 6 atom stereocenters. The van der Waals surface area contributed by atoms with Gasteiger partial charge in [-0.2, -0.15) is 4.31 Å². The zero-order chi connectivity index (χ0) is 23.8. The van der Waals surface area contributed by atoms with E-state index in [0.29, 0.717) is 0 Å². The van der Waals surface area contributed by atoms with Crippen LogP contribution in [0.2, 0.25) is 0 Å². The molecule has 1 aromatic rings. The number of hydrogen-bond donors (Lipinski definition) is 6. The molecule has 31 heavy (non-hydrogen) atoms. The first kappa shape index (κ1) is 26.6. The number of nitrogens with one attached hydrogen (secondary N) is 1. The van der Waals surface area contributed by atoms with Gasteiger partial charge in [-0.15, -0.1) is 0 Å². The molecule has 7 N–H and O–H groups in total. The number of nitrogens with two attached hydrogens (primary N) is 1. The molecule has 1 fully saturated rings. The highest BCUT2D eigenvalue weighted by Crippen LogP contribution is 2.66. The number of ether oxygens (including phenoxy) is 2. The lowest BCUT2D eigenvalue weighted by atomic mass is 9.97. The second kappa shape index (κ2) is 9.33. The van der Waals surface area contributed by atoms with Crippen molar-refractivity contribution >= 4 is 34.2 Å². The molecule has 16 nitrogen and oxygen atoms in total. The van der Waals surface area contributed by atoms with Crippen molar-refractivity contribution in [1.29, 1.82) is 0 Å². The molecule has 1 aliphatic heterocycles. The fourth-order valence-corrected chi connectivity index (χ4v) is 6.71. The van der Waals surface area contributed by atoms with E-state index in [1.807, 2.05) is 4.98 Å².